The predicted octanol–water partition coefficient (Wildman–Crippen LogP) is 1.01. The lowest BCUT2D eigenvalue weighted by atomic mass is 10.2. The summed E-state index contributed by atoms with van der Waals surface area (Å²) >= 11 is 0. The van der Waals surface area contributed by atoms with Crippen LogP contribution in [0.1, 0.15) is 18.9 Å². The van der Waals surface area contributed by atoms with Gasteiger partial charge in [-0.15, -0.1) is 0 Å². The van der Waals surface area contributed by atoms with Crippen LogP contribution in [0.4, 0.5) is 0 Å². The van der Waals surface area contributed by atoms with E-state index in [1.54, 1.807) is 4.90 Å². The number of aliphatic hydroxyl groups excluding tert-OH is 1. The van der Waals surface area contributed by atoms with Gasteiger partial charge in [0.1, 0.15) is 0 Å². The van der Waals surface area contributed by atoms with Crippen molar-refractivity contribution in [2.24, 2.45) is 0 Å². The van der Waals surface area contributed by atoms with E-state index in [-0.39, 0.29) is 12.5 Å². The third-order valence-corrected chi connectivity index (χ3v) is 2.70. The summed E-state index contributed by atoms with van der Waals surface area (Å²) in [5.41, 5.74) is 1.09. The lowest BCUT2D eigenvalue weighted by molar-refractivity contribution is -0.132. The molecule has 0 aliphatic carbocycles. The Hall–Kier alpha value is -1.39. The third-order valence-electron chi connectivity index (χ3n) is 2.70. The number of nitrogens with zero attached hydrogens (tertiary/aromatic N) is 1. The Kier molecular flexibility index (Phi) is 7.06. The molecule has 0 heterocycles. The van der Waals surface area contributed by atoms with Crippen molar-refractivity contribution in [1.29, 1.82) is 0 Å². The van der Waals surface area contributed by atoms with Crippen LogP contribution in [-0.4, -0.2) is 42.2 Å². The Labute approximate surface area is 109 Å². The van der Waals surface area contributed by atoms with E-state index in [9.17, 15) is 4.79 Å². The smallest absolute Gasteiger partial charge is 0.224 e. The van der Waals surface area contributed by atoms with Gasteiger partial charge in [-0.2, -0.15) is 0 Å². The van der Waals surface area contributed by atoms with Crippen LogP contribution in [0.2, 0.25) is 0 Å². The van der Waals surface area contributed by atoms with Crippen LogP contribution < -0.4 is 5.32 Å². The summed E-state index contributed by atoms with van der Waals surface area (Å²) in [4.78, 5) is 13.7. The number of carbonyl (C=O) groups excluding carboxylic acids is 1. The van der Waals surface area contributed by atoms with Crippen molar-refractivity contribution in [3.05, 3.63) is 35.9 Å². The number of rotatable bonds is 8. The van der Waals surface area contributed by atoms with Crippen LogP contribution in [0.25, 0.3) is 0 Å². The zero-order valence-corrected chi connectivity index (χ0v) is 10.9. The van der Waals surface area contributed by atoms with Crippen LogP contribution in [0, 0.1) is 0 Å². The lowest BCUT2D eigenvalue weighted by Crippen LogP contribution is -2.34. The Morgan fingerprint density at radius 2 is 2.06 bits per heavy atom. The van der Waals surface area contributed by atoms with E-state index in [2.05, 4.69) is 5.32 Å². The fourth-order valence-corrected chi connectivity index (χ4v) is 1.75. The van der Waals surface area contributed by atoms with Crippen molar-refractivity contribution in [1.82, 2.24) is 10.2 Å². The molecular formula is C14H22N2O2. The van der Waals surface area contributed by atoms with Crippen molar-refractivity contribution in [3.63, 3.8) is 0 Å². The van der Waals surface area contributed by atoms with Crippen LogP contribution >= 0.6 is 0 Å². The zero-order chi connectivity index (χ0) is 13.2. The molecule has 0 saturated carbocycles. The van der Waals surface area contributed by atoms with Crippen molar-refractivity contribution < 1.29 is 9.90 Å². The van der Waals surface area contributed by atoms with E-state index in [0.29, 0.717) is 26.1 Å². The van der Waals surface area contributed by atoms with Crippen LogP contribution in [0.3, 0.4) is 0 Å². The molecule has 0 aliphatic rings. The Morgan fingerprint density at radius 1 is 1.33 bits per heavy atom. The maximum atomic E-state index is 12.0. The van der Waals surface area contributed by atoms with Gasteiger partial charge in [0, 0.05) is 26.1 Å². The van der Waals surface area contributed by atoms with E-state index < -0.39 is 0 Å². The van der Waals surface area contributed by atoms with Crippen LogP contribution in [0.15, 0.2) is 30.3 Å². The number of carbonyl (C=O) groups is 1. The third kappa shape index (κ3) is 5.29. The molecule has 0 saturated heterocycles. The van der Waals surface area contributed by atoms with Crippen LogP contribution in [0.5, 0.6) is 0 Å². The molecule has 0 aliphatic heterocycles. The van der Waals surface area contributed by atoms with Gasteiger partial charge in [0.15, 0.2) is 0 Å². The molecule has 1 aromatic carbocycles. The second-order valence-corrected chi connectivity index (χ2v) is 4.13. The Bertz CT molecular complexity index is 341. The van der Waals surface area contributed by atoms with Gasteiger partial charge in [0.05, 0.1) is 6.61 Å². The van der Waals surface area contributed by atoms with E-state index in [1.165, 1.54) is 0 Å². The number of benzene rings is 1. The number of aliphatic hydroxyl groups is 1. The molecule has 1 amide bonds. The summed E-state index contributed by atoms with van der Waals surface area (Å²) in [5.74, 6) is 0.0776. The maximum Gasteiger partial charge on any atom is 0.224 e. The SMILES string of the molecule is CCNCCC(=O)N(CCO)Cc1ccccc1. The van der Waals surface area contributed by atoms with Gasteiger partial charge in [-0.3, -0.25) is 4.79 Å². The lowest BCUT2D eigenvalue weighted by Gasteiger charge is -2.22. The molecule has 100 valence electrons. The highest BCUT2D eigenvalue weighted by Crippen LogP contribution is 2.05. The Morgan fingerprint density at radius 3 is 2.67 bits per heavy atom. The average molecular weight is 250 g/mol. The first-order valence-electron chi connectivity index (χ1n) is 6.41. The molecule has 0 aromatic heterocycles. The molecule has 0 fully saturated rings. The van der Waals surface area contributed by atoms with Crippen molar-refractivity contribution in [3.8, 4) is 0 Å². The van der Waals surface area contributed by atoms with Gasteiger partial charge in [0.25, 0.3) is 0 Å². The van der Waals surface area contributed by atoms with Gasteiger partial charge in [0.2, 0.25) is 5.91 Å². The van der Waals surface area contributed by atoms with E-state index >= 15 is 0 Å². The fourth-order valence-electron chi connectivity index (χ4n) is 1.75. The van der Waals surface area contributed by atoms with Gasteiger partial charge in [-0.05, 0) is 12.1 Å². The van der Waals surface area contributed by atoms with Gasteiger partial charge >= 0.3 is 0 Å². The van der Waals surface area contributed by atoms with Crippen molar-refractivity contribution in [2.75, 3.05) is 26.2 Å². The number of hydrogen-bond acceptors (Lipinski definition) is 3. The molecular weight excluding hydrogens is 228 g/mol. The molecule has 2 N–H and O–H groups in total. The quantitative estimate of drug-likeness (QED) is 0.677. The fraction of sp³-hybridized carbons (Fsp3) is 0.500. The highest BCUT2D eigenvalue weighted by atomic mass is 16.3. The maximum absolute atomic E-state index is 12.0. The monoisotopic (exact) mass is 250 g/mol. The number of hydrogen-bond donors (Lipinski definition) is 2. The average Bonchev–Trinajstić information content (AvgIpc) is 2.39. The van der Waals surface area contributed by atoms with Gasteiger partial charge in [-0.25, -0.2) is 0 Å². The van der Waals surface area contributed by atoms with E-state index in [0.717, 1.165) is 12.1 Å². The second kappa shape index (κ2) is 8.66. The molecule has 0 bridgehead atoms. The Balaban J connectivity index is 2.50. The summed E-state index contributed by atoms with van der Waals surface area (Å²) in [6.07, 6.45) is 0.473. The van der Waals surface area contributed by atoms with Gasteiger partial charge in [-0.1, -0.05) is 37.3 Å². The number of amides is 1. The second-order valence-electron chi connectivity index (χ2n) is 4.13. The highest BCUT2D eigenvalue weighted by Gasteiger charge is 2.12. The molecule has 0 radical (unpaired) electrons. The first kappa shape index (κ1) is 14.7. The summed E-state index contributed by atoms with van der Waals surface area (Å²) in [5, 5.41) is 12.2. The van der Waals surface area contributed by atoms with Crippen molar-refractivity contribution in [2.45, 2.75) is 19.9 Å². The van der Waals surface area contributed by atoms with E-state index in [1.807, 2.05) is 37.3 Å². The molecule has 4 nitrogen and oxygen atoms in total. The largest absolute Gasteiger partial charge is 0.395 e. The van der Waals surface area contributed by atoms with Gasteiger partial charge < -0.3 is 15.3 Å². The molecule has 0 atom stereocenters. The molecule has 0 spiro atoms. The summed E-state index contributed by atoms with van der Waals surface area (Å²) in [6, 6.07) is 9.84. The predicted molar refractivity (Wildman–Crippen MR) is 72.1 cm³/mol. The normalized spacial score (nSPS) is 10.3. The van der Waals surface area contributed by atoms with Crippen molar-refractivity contribution >= 4 is 5.91 Å². The number of nitrogens with one attached hydrogen (secondary N) is 1. The summed E-state index contributed by atoms with van der Waals surface area (Å²) < 4.78 is 0. The highest BCUT2D eigenvalue weighted by molar-refractivity contribution is 5.76. The first-order valence-corrected chi connectivity index (χ1v) is 6.41. The first-order chi connectivity index (χ1) is 8.77. The van der Waals surface area contributed by atoms with Crippen LogP contribution in [-0.2, 0) is 11.3 Å². The standard InChI is InChI=1S/C14H22N2O2/c1-2-15-9-8-14(18)16(10-11-17)12-13-6-4-3-5-7-13/h3-7,15,17H,2,8-12H2,1H3. The summed E-state index contributed by atoms with van der Waals surface area (Å²) in [6.45, 7) is 4.52. The molecule has 1 aromatic rings. The molecule has 1 rings (SSSR count). The molecule has 18 heavy (non-hydrogen) atoms. The topological polar surface area (TPSA) is 52.6 Å². The van der Waals surface area contributed by atoms with E-state index in [4.69, 9.17) is 5.11 Å². The minimum absolute atomic E-state index is 0.000218. The minimum atomic E-state index is -0.000218. The zero-order valence-electron chi connectivity index (χ0n) is 10.9. The molecule has 4 heteroatoms. The summed E-state index contributed by atoms with van der Waals surface area (Å²) in [7, 11) is 0. The minimum Gasteiger partial charge on any atom is -0.395 e. The molecule has 0 unspecified atom stereocenters.